The Labute approximate surface area is 206 Å². The van der Waals surface area contributed by atoms with Crippen molar-refractivity contribution in [1.29, 1.82) is 0 Å². The fraction of sp³-hybridized carbons (Fsp3) is 0.0357. The van der Waals surface area contributed by atoms with Crippen LogP contribution < -0.4 is 16.1 Å². The van der Waals surface area contributed by atoms with Crippen LogP contribution >= 0.6 is 11.6 Å². The van der Waals surface area contributed by atoms with Gasteiger partial charge in [0.1, 0.15) is 11.5 Å². The summed E-state index contributed by atoms with van der Waals surface area (Å²) in [6, 6.07) is 29.3. The lowest BCUT2D eigenvalue weighted by atomic mass is 10.1. The predicted octanol–water partition coefficient (Wildman–Crippen LogP) is 6.34. The van der Waals surface area contributed by atoms with Gasteiger partial charge in [0.15, 0.2) is 11.1 Å². The Morgan fingerprint density at radius 3 is 2.26 bits per heavy atom. The topological polar surface area (TPSA) is 76.0 Å². The van der Waals surface area contributed by atoms with Crippen molar-refractivity contribution in [3.8, 4) is 5.69 Å². The zero-order valence-corrected chi connectivity index (χ0v) is 19.6. The second-order valence-electron chi connectivity index (χ2n) is 8.04. The maximum absolute atomic E-state index is 13.2. The van der Waals surface area contributed by atoms with Gasteiger partial charge in [0.2, 0.25) is 0 Å². The minimum atomic E-state index is -0.397. The summed E-state index contributed by atoms with van der Waals surface area (Å²) >= 11 is 6.06. The van der Waals surface area contributed by atoms with Gasteiger partial charge in [0, 0.05) is 28.2 Å². The third kappa shape index (κ3) is 4.65. The highest BCUT2D eigenvalue weighted by Gasteiger charge is 2.18. The van der Waals surface area contributed by atoms with E-state index < -0.39 is 5.91 Å². The molecule has 3 aromatic carbocycles. The van der Waals surface area contributed by atoms with Crippen LogP contribution in [-0.4, -0.2) is 15.5 Å². The third-order valence-corrected chi connectivity index (χ3v) is 5.78. The summed E-state index contributed by atoms with van der Waals surface area (Å²) in [6.45, 7) is 1.81. The zero-order valence-electron chi connectivity index (χ0n) is 18.8. The summed E-state index contributed by atoms with van der Waals surface area (Å²) in [7, 11) is 0. The maximum Gasteiger partial charge on any atom is 0.274 e. The molecule has 6 nitrogen and oxygen atoms in total. The van der Waals surface area contributed by atoms with Crippen molar-refractivity contribution in [2.75, 3.05) is 10.6 Å². The third-order valence-electron chi connectivity index (χ3n) is 5.54. The number of anilines is 3. The normalized spacial score (nSPS) is 10.8. The standard InChI is InChI=1S/C28H21ClN4O2/c1-18-15-23(28(35)31-21-12-8-9-19(29)16-21)32-27-26(18)24(34)17-25(30-20-10-4-2-5-11-20)33(27)22-13-6-3-7-14-22/h2-17,30H,1H3,(H,31,35). The summed E-state index contributed by atoms with van der Waals surface area (Å²) in [5.41, 5.74) is 3.23. The number of amides is 1. The first-order valence-corrected chi connectivity index (χ1v) is 11.4. The van der Waals surface area contributed by atoms with E-state index in [-0.39, 0.29) is 11.1 Å². The van der Waals surface area contributed by atoms with Crippen LogP contribution in [0, 0.1) is 6.92 Å². The van der Waals surface area contributed by atoms with E-state index in [1.807, 2.05) is 65.2 Å². The molecule has 0 atom stereocenters. The van der Waals surface area contributed by atoms with Crippen molar-refractivity contribution in [3.05, 3.63) is 124 Å². The van der Waals surface area contributed by atoms with Gasteiger partial charge in [-0.25, -0.2) is 4.98 Å². The van der Waals surface area contributed by atoms with Gasteiger partial charge in [-0.3, -0.25) is 14.2 Å². The second-order valence-corrected chi connectivity index (χ2v) is 8.48. The van der Waals surface area contributed by atoms with Gasteiger partial charge in [-0.1, -0.05) is 54.1 Å². The molecule has 5 aromatic rings. The van der Waals surface area contributed by atoms with Crippen LogP contribution in [0.1, 0.15) is 16.1 Å². The van der Waals surface area contributed by atoms with Crippen molar-refractivity contribution in [2.24, 2.45) is 0 Å². The van der Waals surface area contributed by atoms with Crippen LogP contribution in [0.3, 0.4) is 0 Å². The molecule has 172 valence electrons. The van der Waals surface area contributed by atoms with E-state index in [1.54, 1.807) is 43.3 Å². The molecule has 0 saturated heterocycles. The van der Waals surface area contributed by atoms with Gasteiger partial charge in [0.05, 0.1) is 5.39 Å². The monoisotopic (exact) mass is 480 g/mol. The maximum atomic E-state index is 13.2. The molecule has 0 aliphatic heterocycles. The largest absolute Gasteiger partial charge is 0.341 e. The molecule has 0 unspecified atom stereocenters. The van der Waals surface area contributed by atoms with Crippen LogP contribution in [0.5, 0.6) is 0 Å². The number of nitrogens with zero attached hydrogens (tertiary/aromatic N) is 2. The van der Waals surface area contributed by atoms with Gasteiger partial charge in [-0.15, -0.1) is 0 Å². The molecule has 35 heavy (non-hydrogen) atoms. The quantitative estimate of drug-likeness (QED) is 0.307. The van der Waals surface area contributed by atoms with Crippen LogP contribution in [0.25, 0.3) is 16.7 Å². The van der Waals surface area contributed by atoms with Crippen molar-refractivity contribution < 1.29 is 4.79 Å². The first kappa shape index (κ1) is 22.4. The number of carbonyl (C=O) groups excluding carboxylic acids is 1. The molecule has 5 rings (SSSR count). The average Bonchev–Trinajstić information content (AvgIpc) is 2.85. The Morgan fingerprint density at radius 1 is 0.857 bits per heavy atom. The van der Waals surface area contributed by atoms with E-state index in [0.717, 1.165) is 11.4 Å². The lowest BCUT2D eigenvalue weighted by molar-refractivity contribution is 0.102. The molecule has 0 aliphatic carbocycles. The Hall–Kier alpha value is -4.42. The molecule has 7 heteroatoms. The molecule has 0 bridgehead atoms. The fourth-order valence-electron chi connectivity index (χ4n) is 3.97. The highest BCUT2D eigenvalue weighted by atomic mass is 35.5. The first-order chi connectivity index (χ1) is 17.0. The molecular weight excluding hydrogens is 460 g/mol. The Kier molecular flexibility index (Phi) is 6.04. The summed E-state index contributed by atoms with van der Waals surface area (Å²) in [5, 5.41) is 7.12. The smallest absolute Gasteiger partial charge is 0.274 e. The average molecular weight is 481 g/mol. The van der Waals surface area contributed by atoms with Crippen molar-refractivity contribution in [1.82, 2.24) is 9.55 Å². The Balaban J connectivity index is 1.70. The van der Waals surface area contributed by atoms with E-state index >= 15 is 0 Å². The lowest BCUT2D eigenvalue weighted by Crippen LogP contribution is -2.19. The van der Waals surface area contributed by atoms with E-state index in [4.69, 9.17) is 11.6 Å². The van der Waals surface area contributed by atoms with Gasteiger partial charge in [-0.2, -0.15) is 0 Å². The van der Waals surface area contributed by atoms with Gasteiger partial charge < -0.3 is 10.6 Å². The van der Waals surface area contributed by atoms with E-state index in [9.17, 15) is 9.59 Å². The molecule has 1 amide bonds. The Bertz CT molecular complexity index is 1600. The number of para-hydroxylation sites is 2. The number of aryl methyl sites for hydroxylation is 1. The number of benzene rings is 3. The lowest BCUT2D eigenvalue weighted by Gasteiger charge is -2.19. The summed E-state index contributed by atoms with van der Waals surface area (Å²) < 4.78 is 1.85. The number of carbonyl (C=O) groups is 1. The van der Waals surface area contributed by atoms with Crippen LogP contribution in [0.4, 0.5) is 17.2 Å². The summed E-state index contributed by atoms with van der Waals surface area (Å²) in [6.07, 6.45) is 0. The molecule has 0 saturated carbocycles. The molecule has 2 aromatic heterocycles. The number of fused-ring (bicyclic) bond motifs is 1. The van der Waals surface area contributed by atoms with E-state index in [1.165, 1.54) is 0 Å². The number of hydrogen-bond acceptors (Lipinski definition) is 4. The van der Waals surface area contributed by atoms with Crippen LogP contribution in [-0.2, 0) is 0 Å². The number of nitrogens with one attached hydrogen (secondary N) is 2. The van der Waals surface area contributed by atoms with E-state index in [0.29, 0.717) is 33.1 Å². The number of halogens is 1. The van der Waals surface area contributed by atoms with Crippen LogP contribution in [0.15, 0.2) is 102 Å². The minimum Gasteiger partial charge on any atom is -0.341 e. The number of pyridine rings is 2. The zero-order chi connectivity index (χ0) is 24.4. The molecule has 2 heterocycles. The van der Waals surface area contributed by atoms with Crippen molar-refractivity contribution in [3.63, 3.8) is 0 Å². The number of aromatic nitrogens is 2. The number of rotatable bonds is 5. The minimum absolute atomic E-state index is 0.183. The molecule has 0 aliphatic rings. The SMILES string of the molecule is Cc1cc(C(=O)Nc2cccc(Cl)c2)nc2c1c(=O)cc(Nc1ccccc1)n2-c1ccccc1. The molecule has 0 fully saturated rings. The molecule has 0 radical (unpaired) electrons. The highest BCUT2D eigenvalue weighted by Crippen LogP contribution is 2.26. The Morgan fingerprint density at radius 2 is 1.54 bits per heavy atom. The predicted molar refractivity (Wildman–Crippen MR) is 141 cm³/mol. The summed E-state index contributed by atoms with van der Waals surface area (Å²) in [4.78, 5) is 31.0. The van der Waals surface area contributed by atoms with Gasteiger partial charge in [0.25, 0.3) is 5.91 Å². The first-order valence-electron chi connectivity index (χ1n) is 11.0. The second kappa shape index (κ2) is 9.44. The van der Waals surface area contributed by atoms with Crippen molar-refractivity contribution in [2.45, 2.75) is 6.92 Å². The molecule has 0 spiro atoms. The van der Waals surface area contributed by atoms with Crippen molar-refractivity contribution >= 4 is 45.7 Å². The molecule has 2 N–H and O–H groups in total. The van der Waals surface area contributed by atoms with Crippen LogP contribution in [0.2, 0.25) is 5.02 Å². The summed E-state index contributed by atoms with van der Waals surface area (Å²) in [5.74, 6) is 0.143. The highest BCUT2D eigenvalue weighted by molar-refractivity contribution is 6.31. The van der Waals surface area contributed by atoms with Gasteiger partial charge in [-0.05, 0) is 61.0 Å². The van der Waals surface area contributed by atoms with Gasteiger partial charge >= 0.3 is 0 Å². The molecular formula is C28H21ClN4O2. The number of hydrogen-bond donors (Lipinski definition) is 2. The fourth-order valence-corrected chi connectivity index (χ4v) is 4.16. The van der Waals surface area contributed by atoms with E-state index in [2.05, 4.69) is 15.6 Å².